The van der Waals surface area contributed by atoms with Crippen LogP contribution in [0, 0.1) is 0 Å². The fraction of sp³-hybridized carbons (Fsp3) is 0.176. The number of nitrogens with zero attached hydrogens (tertiary/aromatic N) is 2. The molecule has 1 aromatic heterocycles. The van der Waals surface area contributed by atoms with Gasteiger partial charge in [0.15, 0.2) is 0 Å². The molecule has 0 amide bonds. The lowest BCUT2D eigenvalue weighted by Crippen LogP contribution is -2.09. The van der Waals surface area contributed by atoms with Crippen LogP contribution in [0.4, 0.5) is 0 Å². The largest absolute Gasteiger partial charge is 0.495 e. The lowest BCUT2D eigenvalue weighted by molar-refractivity contribution is 0.298. The maximum atomic E-state index is 5.17. The molecule has 0 unspecified atom stereocenters. The van der Waals surface area contributed by atoms with Gasteiger partial charge in [0.1, 0.15) is 10.8 Å². The third kappa shape index (κ3) is 4.05. The van der Waals surface area contributed by atoms with E-state index in [9.17, 15) is 0 Å². The Morgan fingerprint density at radius 1 is 1.41 bits per heavy atom. The van der Waals surface area contributed by atoms with Crippen molar-refractivity contribution in [1.82, 2.24) is 10.4 Å². The summed E-state index contributed by atoms with van der Waals surface area (Å²) in [7, 11) is 1.58. The molecule has 1 N–H and O–H groups in total. The van der Waals surface area contributed by atoms with Crippen molar-refractivity contribution in [3.63, 3.8) is 0 Å². The number of hydrogen-bond acceptors (Lipinski definition) is 5. The molecule has 0 saturated carbocycles. The first-order valence-corrected chi connectivity index (χ1v) is 7.68. The van der Waals surface area contributed by atoms with Crippen LogP contribution >= 0.6 is 11.3 Å². The second kappa shape index (κ2) is 7.56. The summed E-state index contributed by atoms with van der Waals surface area (Å²) in [4.78, 5) is 4.50. The summed E-state index contributed by atoms with van der Waals surface area (Å²) < 4.78 is 6.31. The van der Waals surface area contributed by atoms with E-state index in [-0.39, 0.29) is 0 Å². The highest BCUT2D eigenvalue weighted by molar-refractivity contribution is 7.20. The average molecular weight is 313 g/mol. The molecule has 5 heteroatoms. The van der Waals surface area contributed by atoms with Gasteiger partial charge in [-0.15, -0.1) is 11.3 Å². The molecular formula is C17H19N3OS. The molecule has 0 atom stereocenters. The van der Waals surface area contributed by atoms with Crippen molar-refractivity contribution in [1.29, 1.82) is 0 Å². The standard InChI is InChI=1S/C17H19N3OS/c1-5-12(2)10-15(13(3)21-4)20-18-11-17-19-14-8-6-7-9-16(14)22-17/h5-11,20H,3H2,1-2,4H3/b12-5-,15-10+,18-11+. The van der Waals surface area contributed by atoms with E-state index in [1.165, 1.54) is 0 Å². The van der Waals surface area contributed by atoms with Gasteiger partial charge < -0.3 is 4.74 Å². The zero-order chi connectivity index (χ0) is 15.9. The van der Waals surface area contributed by atoms with E-state index in [0.29, 0.717) is 5.76 Å². The summed E-state index contributed by atoms with van der Waals surface area (Å²) in [5, 5.41) is 5.08. The highest BCUT2D eigenvalue weighted by atomic mass is 32.1. The zero-order valence-corrected chi connectivity index (χ0v) is 13.8. The van der Waals surface area contributed by atoms with E-state index in [4.69, 9.17) is 4.74 Å². The van der Waals surface area contributed by atoms with Gasteiger partial charge in [-0.05, 0) is 32.1 Å². The molecule has 0 aliphatic carbocycles. The van der Waals surface area contributed by atoms with Gasteiger partial charge in [-0.25, -0.2) is 4.98 Å². The van der Waals surface area contributed by atoms with Crippen LogP contribution in [0.5, 0.6) is 0 Å². The Morgan fingerprint density at radius 2 is 2.18 bits per heavy atom. The number of ether oxygens (including phenoxy) is 1. The first-order valence-electron chi connectivity index (χ1n) is 6.86. The highest BCUT2D eigenvalue weighted by Crippen LogP contribution is 2.20. The SMILES string of the molecule is C=C(OC)/C(=C\C(C)=C/C)N/N=C/c1nc2ccccc2s1. The Balaban J connectivity index is 2.14. The van der Waals surface area contributed by atoms with Gasteiger partial charge in [0.2, 0.25) is 0 Å². The molecule has 2 aromatic rings. The van der Waals surface area contributed by atoms with Crippen molar-refractivity contribution < 1.29 is 4.74 Å². The minimum absolute atomic E-state index is 0.530. The molecule has 114 valence electrons. The number of thiazole rings is 1. The zero-order valence-electron chi connectivity index (χ0n) is 13.0. The molecule has 0 saturated heterocycles. The Bertz CT molecular complexity index is 723. The second-order valence-electron chi connectivity index (χ2n) is 4.61. The van der Waals surface area contributed by atoms with Gasteiger partial charge in [-0.2, -0.15) is 5.10 Å². The summed E-state index contributed by atoms with van der Waals surface area (Å²) in [5.41, 5.74) is 5.75. The van der Waals surface area contributed by atoms with Gasteiger partial charge in [-0.1, -0.05) is 30.4 Å². The molecule has 0 bridgehead atoms. The van der Waals surface area contributed by atoms with E-state index >= 15 is 0 Å². The number of hydrogen-bond donors (Lipinski definition) is 1. The van der Waals surface area contributed by atoms with Gasteiger partial charge in [0.05, 0.1) is 29.2 Å². The van der Waals surface area contributed by atoms with Crippen LogP contribution in [0.1, 0.15) is 18.9 Å². The molecule has 2 rings (SSSR count). The van der Waals surface area contributed by atoms with Gasteiger partial charge in [0.25, 0.3) is 0 Å². The van der Waals surface area contributed by atoms with Crippen LogP contribution in [0.3, 0.4) is 0 Å². The molecule has 0 aliphatic heterocycles. The number of rotatable bonds is 6. The molecule has 22 heavy (non-hydrogen) atoms. The van der Waals surface area contributed by atoms with Crippen molar-refractivity contribution in [3.8, 4) is 0 Å². The molecule has 0 radical (unpaired) electrons. The monoisotopic (exact) mass is 313 g/mol. The van der Waals surface area contributed by atoms with Crippen LogP contribution in [-0.2, 0) is 4.74 Å². The molecule has 0 aliphatic rings. The minimum Gasteiger partial charge on any atom is -0.495 e. The van der Waals surface area contributed by atoms with Gasteiger partial charge in [0, 0.05) is 0 Å². The van der Waals surface area contributed by atoms with Crippen molar-refractivity contribution in [2.75, 3.05) is 7.11 Å². The average Bonchev–Trinajstić information content (AvgIpc) is 2.95. The van der Waals surface area contributed by atoms with Gasteiger partial charge >= 0.3 is 0 Å². The number of hydrazone groups is 1. The smallest absolute Gasteiger partial charge is 0.137 e. The number of methoxy groups -OCH3 is 1. The van der Waals surface area contributed by atoms with Crippen molar-refractivity contribution in [2.45, 2.75) is 13.8 Å². The Hall–Kier alpha value is -2.40. The lowest BCUT2D eigenvalue weighted by atomic mass is 10.2. The maximum Gasteiger partial charge on any atom is 0.137 e. The van der Waals surface area contributed by atoms with E-state index in [0.717, 1.165) is 26.5 Å². The Kier molecular flexibility index (Phi) is 5.49. The number of fused-ring (bicyclic) bond motifs is 1. The molecule has 0 spiro atoms. The second-order valence-corrected chi connectivity index (χ2v) is 5.67. The van der Waals surface area contributed by atoms with Crippen LogP contribution in [0.2, 0.25) is 0 Å². The fourth-order valence-electron chi connectivity index (χ4n) is 1.70. The normalized spacial score (nSPS) is 12.9. The summed E-state index contributed by atoms with van der Waals surface area (Å²) >= 11 is 1.60. The van der Waals surface area contributed by atoms with Crippen LogP contribution in [-0.4, -0.2) is 18.3 Å². The van der Waals surface area contributed by atoms with Crippen molar-refractivity contribution in [2.24, 2.45) is 5.10 Å². The Labute approximate surface area is 134 Å². The highest BCUT2D eigenvalue weighted by Gasteiger charge is 2.03. The first kappa shape index (κ1) is 16.0. The van der Waals surface area contributed by atoms with Crippen LogP contribution < -0.4 is 5.43 Å². The van der Waals surface area contributed by atoms with Crippen LogP contribution in [0.15, 0.2) is 65.1 Å². The lowest BCUT2D eigenvalue weighted by Gasteiger charge is -2.08. The third-order valence-corrected chi connectivity index (χ3v) is 4.02. The fourth-order valence-corrected chi connectivity index (χ4v) is 2.54. The van der Waals surface area contributed by atoms with E-state index in [1.54, 1.807) is 24.7 Å². The molecule has 1 aromatic carbocycles. The minimum atomic E-state index is 0.530. The first-order chi connectivity index (χ1) is 10.6. The quantitative estimate of drug-likeness (QED) is 0.376. The van der Waals surface area contributed by atoms with E-state index in [2.05, 4.69) is 22.1 Å². The van der Waals surface area contributed by atoms with Crippen molar-refractivity contribution in [3.05, 3.63) is 65.0 Å². The van der Waals surface area contributed by atoms with E-state index in [1.807, 2.05) is 50.3 Å². The van der Waals surface area contributed by atoms with Gasteiger partial charge in [-0.3, -0.25) is 5.43 Å². The predicted molar refractivity (Wildman–Crippen MR) is 94.0 cm³/mol. The number of aromatic nitrogens is 1. The van der Waals surface area contributed by atoms with Crippen molar-refractivity contribution >= 4 is 27.8 Å². The van der Waals surface area contributed by atoms with E-state index < -0.39 is 0 Å². The Morgan fingerprint density at radius 3 is 2.86 bits per heavy atom. The maximum absolute atomic E-state index is 5.17. The van der Waals surface area contributed by atoms with Crippen LogP contribution in [0.25, 0.3) is 10.2 Å². The third-order valence-electron chi connectivity index (χ3n) is 3.04. The molecule has 4 nitrogen and oxygen atoms in total. The molecular weight excluding hydrogens is 294 g/mol. The summed E-state index contributed by atoms with van der Waals surface area (Å²) in [6.45, 7) is 7.83. The predicted octanol–water partition coefficient (Wildman–Crippen LogP) is 4.23. The number of allylic oxidation sites excluding steroid dienone is 3. The number of benzene rings is 1. The number of nitrogens with one attached hydrogen (secondary N) is 1. The molecule has 0 fully saturated rings. The summed E-state index contributed by atoms with van der Waals surface area (Å²) in [5.74, 6) is 0.530. The summed E-state index contributed by atoms with van der Waals surface area (Å²) in [6.07, 6.45) is 5.63. The number of para-hydroxylation sites is 1. The molecule has 1 heterocycles. The topological polar surface area (TPSA) is 46.5 Å². The summed E-state index contributed by atoms with van der Waals surface area (Å²) in [6, 6.07) is 8.02.